The number of amides is 1. The summed E-state index contributed by atoms with van der Waals surface area (Å²) in [6.45, 7) is 4.47. The minimum absolute atomic E-state index is 0.0369. The molecule has 0 aliphatic carbocycles. The molecule has 0 spiro atoms. The fourth-order valence-electron chi connectivity index (χ4n) is 2.28. The van der Waals surface area contributed by atoms with Crippen molar-refractivity contribution < 1.29 is 14.5 Å². The summed E-state index contributed by atoms with van der Waals surface area (Å²) in [6.07, 6.45) is 0.304. The van der Waals surface area contributed by atoms with Crippen LogP contribution in [0.2, 0.25) is 0 Å². The molecule has 0 bridgehead atoms. The number of rotatable bonds is 8. The van der Waals surface area contributed by atoms with Crippen LogP contribution in [0.4, 0.5) is 10.5 Å². The summed E-state index contributed by atoms with van der Waals surface area (Å²) < 4.78 is 5.39. The van der Waals surface area contributed by atoms with E-state index in [1.54, 1.807) is 12.1 Å². The van der Waals surface area contributed by atoms with E-state index < -0.39 is 11.0 Å². The normalized spacial score (nSPS) is 11.6. The number of non-ortho nitro benzene ring substituents is 1. The van der Waals surface area contributed by atoms with Crippen LogP contribution in [0, 0.1) is 10.1 Å². The maximum atomic E-state index is 12.4. The number of carbonyl (C=O) groups is 1. The lowest BCUT2D eigenvalue weighted by Gasteiger charge is -2.28. The molecule has 1 amide bonds. The highest BCUT2D eigenvalue weighted by Gasteiger charge is 2.20. The zero-order valence-electron chi connectivity index (χ0n) is 14.9. The summed E-state index contributed by atoms with van der Waals surface area (Å²) in [4.78, 5) is 22.7. The molecule has 2 rings (SSSR count). The first-order valence-electron chi connectivity index (χ1n) is 8.48. The average Bonchev–Trinajstić information content (AvgIpc) is 2.67. The van der Waals surface area contributed by atoms with Crippen LogP contribution in [-0.2, 0) is 17.9 Å². The molecule has 7 nitrogen and oxygen atoms in total. The second-order valence-corrected chi connectivity index (χ2v) is 5.93. The predicted molar refractivity (Wildman–Crippen MR) is 98.2 cm³/mol. The maximum Gasteiger partial charge on any atom is 0.424 e. The summed E-state index contributed by atoms with van der Waals surface area (Å²) in [5, 5.41) is 12.2. The number of benzene rings is 2. The Hall–Kier alpha value is -2.93. The molecule has 1 atom stereocenters. The molecule has 2 aromatic carbocycles. The van der Waals surface area contributed by atoms with Crippen LogP contribution < -0.4 is 5.43 Å². The van der Waals surface area contributed by atoms with E-state index in [0.717, 1.165) is 17.5 Å². The molecule has 0 saturated carbocycles. The van der Waals surface area contributed by atoms with Gasteiger partial charge in [0.1, 0.15) is 6.61 Å². The van der Waals surface area contributed by atoms with Gasteiger partial charge in [-0.3, -0.25) is 10.1 Å². The number of hydrogen-bond donors (Lipinski definition) is 1. The molecule has 2 aromatic rings. The number of ether oxygens (including phenoxy) is 1. The summed E-state index contributed by atoms with van der Waals surface area (Å²) in [7, 11) is 0. The Labute approximate surface area is 152 Å². The molecule has 138 valence electrons. The van der Waals surface area contributed by atoms with Crippen molar-refractivity contribution in [3.05, 3.63) is 75.8 Å². The average molecular weight is 357 g/mol. The molecule has 0 heterocycles. The van der Waals surface area contributed by atoms with Gasteiger partial charge in [-0.05, 0) is 24.5 Å². The first-order chi connectivity index (χ1) is 12.5. The Bertz CT molecular complexity index is 719. The highest BCUT2D eigenvalue weighted by atomic mass is 16.6. The fraction of sp³-hybridized carbons (Fsp3) is 0.316. The van der Waals surface area contributed by atoms with E-state index in [4.69, 9.17) is 4.74 Å². The summed E-state index contributed by atoms with van der Waals surface area (Å²) in [5.74, 6) is 0. The SMILES string of the molecule is CC[C@H](C)N(NCc1ccc([N+](=O)[O-])cc1)C(=O)OCc1ccccc1. The molecule has 0 unspecified atom stereocenters. The molecule has 0 fully saturated rings. The Kier molecular flexibility index (Phi) is 7.11. The van der Waals surface area contributed by atoms with E-state index in [0.29, 0.717) is 6.54 Å². The monoisotopic (exact) mass is 357 g/mol. The van der Waals surface area contributed by atoms with E-state index >= 15 is 0 Å². The van der Waals surface area contributed by atoms with Crippen LogP contribution in [0.25, 0.3) is 0 Å². The van der Waals surface area contributed by atoms with Crippen molar-refractivity contribution in [3.8, 4) is 0 Å². The number of nitrogens with one attached hydrogen (secondary N) is 1. The summed E-state index contributed by atoms with van der Waals surface area (Å²) in [5.41, 5.74) is 4.85. The lowest BCUT2D eigenvalue weighted by molar-refractivity contribution is -0.384. The van der Waals surface area contributed by atoms with E-state index in [9.17, 15) is 14.9 Å². The van der Waals surface area contributed by atoms with Gasteiger partial charge in [-0.2, -0.15) is 0 Å². The van der Waals surface area contributed by atoms with Crippen molar-refractivity contribution in [2.75, 3.05) is 0 Å². The lowest BCUT2D eigenvalue weighted by atomic mass is 10.2. The molecule has 0 aliphatic rings. The Balaban J connectivity index is 1.95. The van der Waals surface area contributed by atoms with Crippen molar-refractivity contribution in [2.24, 2.45) is 0 Å². The number of nitro benzene ring substituents is 1. The van der Waals surface area contributed by atoms with Crippen LogP contribution >= 0.6 is 0 Å². The number of hydrazine groups is 1. The van der Waals surface area contributed by atoms with Gasteiger partial charge in [-0.1, -0.05) is 49.4 Å². The minimum Gasteiger partial charge on any atom is -0.444 e. The third-order valence-corrected chi connectivity index (χ3v) is 4.03. The van der Waals surface area contributed by atoms with Crippen molar-refractivity contribution in [2.45, 2.75) is 39.5 Å². The second kappa shape index (κ2) is 9.53. The van der Waals surface area contributed by atoms with Gasteiger partial charge >= 0.3 is 6.09 Å². The van der Waals surface area contributed by atoms with Crippen molar-refractivity contribution in [1.29, 1.82) is 0 Å². The number of nitrogens with zero attached hydrogens (tertiary/aromatic N) is 2. The number of hydrogen-bond acceptors (Lipinski definition) is 5. The molecule has 0 aliphatic heterocycles. The van der Waals surface area contributed by atoms with Crippen LogP contribution in [0.15, 0.2) is 54.6 Å². The van der Waals surface area contributed by atoms with E-state index in [1.165, 1.54) is 17.1 Å². The molecular weight excluding hydrogens is 334 g/mol. The second-order valence-electron chi connectivity index (χ2n) is 5.93. The number of carbonyl (C=O) groups excluding carboxylic acids is 1. The van der Waals surface area contributed by atoms with Crippen molar-refractivity contribution in [1.82, 2.24) is 10.4 Å². The van der Waals surface area contributed by atoms with E-state index in [2.05, 4.69) is 5.43 Å². The minimum atomic E-state index is -0.454. The highest BCUT2D eigenvalue weighted by molar-refractivity contribution is 5.67. The molecular formula is C19H23N3O4. The van der Waals surface area contributed by atoms with Gasteiger partial charge in [0.05, 0.1) is 4.92 Å². The van der Waals surface area contributed by atoms with Gasteiger partial charge in [0.15, 0.2) is 0 Å². The molecule has 7 heteroatoms. The van der Waals surface area contributed by atoms with Gasteiger partial charge < -0.3 is 4.74 Å². The van der Waals surface area contributed by atoms with Crippen LogP contribution in [0.5, 0.6) is 0 Å². The zero-order valence-corrected chi connectivity index (χ0v) is 14.9. The standard InChI is InChI=1S/C19H23N3O4/c1-3-15(2)21(19(23)26-14-17-7-5-4-6-8-17)20-13-16-9-11-18(12-10-16)22(24)25/h4-12,15,20H,3,13-14H2,1-2H3/t15-/m0/s1. The maximum absolute atomic E-state index is 12.4. The van der Waals surface area contributed by atoms with E-state index in [1.807, 2.05) is 44.2 Å². The van der Waals surface area contributed by atoms with Gasteiger partial charge in [-0.15, -0.1) is 0 Å². The molecule has 1 N–H and O–H groups in total. The van der Waals surface area contributed by atoms with Crippen LogP contribution in [-0.4, -0.2) is 22.1 Å². The summed E-state index contributed by atoms with van der Waals surface area (Å²) in [6, 6.07) is 15.6. The molecule has 26 heavy (non-hydrogen) atoms. The first kappa shape index (κ1) is 19.4. The largest absolute Gasteiger partial charge is 0.444 e. The third kappa shape index (κ3) is 5.56. The Morgan fingerprint density at radius 2 is 1.81 bits per heavy atom. The van der Waals surface area contributed by atoms with E-state index in [-0.39, 0.29) is 18.3 Å². The molecule has 0 aromatic heterocycles. The summed E-state index contributed by atoms with van der Waals surface area (Å²) >= 11 is 0. The Morgan fingerprint density at radius 3 is 2.38 bits per heavy atom. The quantitative estimate of drug-likeness (QED) is 0.569. The molecule has 0 saturated heterocycles. The van der Waals surface area contributed by atoms with Crippen molar-refractivity contribution in [3.63, 3.8) is 0 Å². The lowest BCUT2D eigenvalue weighted by Crippen LogP contribution is -2.48. The first-order valence-corrected chi connectivity index (χ1v) is 8.48. The Morgan fingerprint density at radius 1 is 1.15 bits per heavy atom. The van der Waals surface area contributed by atoms with Gasteiger partial charge in [0.2, 0.25) is 0 Å². The number of nitro groups is 1. The van der Waals surface area contributed by atoms with Crippen LogP contribution in [0.1, 0.15) is 31.4 Å². The van der Waals surface area contributed by atoms with Gasteiger partial charge in [0, 0.05) is 24.7 Å². The third-order valence-electron chi connectivity index (χ3n) is 4.03. The fourth-order valence-corrected chi connectivity index (χ4v) is 2.28. The van der Waals surface area contributed by atoms with Gasteiger partial charge in [-0.25, -0.2) is 15.2 Å². The predicted octanol–water partition coefficient (Wildman–Crippen LogP) is 4.04. The van der Waals surface area contributed by atoms with Crippen molar-refractivity contribution >= 4 is 11.8 Å². The van der Waals surface area contributed by atoms with Crippen LogP contribution in [0.3, 0.4) is 0 Å². The smallest absolute Gasteiger partial charge is 0.424 e. The van der Waals surface area contributed by atoms with Gasteiger partial charge in [0.25, 0.3) is 5.69 Å². The molecule has 0 radical (unpaired) electrons. The topological polar surface area (TPSA) is 84.7 Å². The zero-order chi connectivity index (χ0) is 18.9. The highest BCUT2D eigenvalue weighted by Crippen LogP contribution is 2.13.